The van der Waals surface area contributed by atoms with Crippen molar-refractivity contribution in [3.05, 3.63) is 0 Å². The van der Waals surface area contributed by atoms with Gasteiger partial charge in [0, 0.05) is 13.2 Å². The Kier molecular flexibility index (Phi) is 4.54. The van der Waals surface area contributed by atoms with E-state index in [9.17, 15) is 4.79 Å². The molecule has 0 aliphatic heterocycles. The summed E-state index contributed by atoms with van der Waals surface area (Å²) in [5, 5.41) is 3.04. The Morgan fingerprint density at radius 3 is 2.60 bits per heavy atom. The number of carbonyl (C=O) groups is 1. The molecular weight excluding hydrogens is 192 g/mol. The summed E-state index contributed by atoms with van der Waals surface area (Å²) in [6.45, 7) is 4.75. The summed E-state index contributed by atoms with van der Waals surface area (Å²) in [5.74, 6) is -0.0378. The molecule has 1 fully saturated rings. The highest BCUT2D eigenvalue weighted by atomic mass is 16.5. The molecule has 0 aromatic carbocycles. The lowest BCUT2D eigenvalue weighted by molar-refractivity contribution is -0.133. The van der Waals surface area contributed by atoms with E-state index in [4.69, 9.17) is 10.5 Å². The van der Waals surface area contributed by atoms with E-state index >= 15 is 0 Å². The van der Waals surface area contributed by atoms with Gasteiger partial charge in [-0.15, -0.1) is 0 Å². The van der Waals surface area contributed by atoms with Gasteiger partial charge in [-0.3, -0.25) is 4.79 Å². The molecule has 0 radical (unpaired) electrons. The summed E-state index contributed by atoms with van der Waals surface area (Å²) in [6.07, 6.45) is 3.92. The lowest BCUT2D eigenvalue weighted by Crippen LogP contribution is -2.54. The van der Waals surface area contributed by atoms with E-state index in [2.05, 4.69) is 5.32 Å². The molecule has 0 saturated heterocycles. The Bertz CT molecular complexity index is 213. The average molecular weight is 214 g/mol. The molecule has 1 amide bonds. The third kappa shape index (κ3) is 3.18. The van der Waals surface area contributed by atoms with Crippen LogP contribution in [0.5, 0.6) is 0 Å². The molecular formula is C11H22N2O2. The van der Waals surface area contributed by atoms with Gasteiger partial charge in [0.15, 0.2) is 0 Å². The van der Waals surface area contributed by atoms with Crippen molar-refractivity contribution in [2.75, 3.05) is 13.2 Å². The van der Waals surface area contributed by atoms with E-state index < -0.39 is 0 Å². The van der Waals surface area contributed by atoms with Crippen molar-refractivity contribution in [1.29, 1.82) is 0 Å². The Morgan fingerprint density at radius 1 is 1.53 bits per heavy atom. The van der Waals surface area contributed by atoms with Crippen LogP contribution in [0.1, 0.15) is 39.5 Å². The van der Waals surface area contributed by atoms with E-state index in [0.29, 0.717) is 13.2 Å². The highest BCUT2D eigenvalue weighted by Crippen LogP contribution is 2.28. The van der Waals surface area contributed by atoms with E-state index in [0.717, 1.165) is 25.7 Å². The zero-order valence-electron chi connectivity index (χ0n) is 9.71. The Hall–Kier alpha value is -0.610. The second kappa shape index (κ2) is 5.47. The van der Waals surface area contributed by atoms with Crippen molar-refractivity contribution in [1.82, 2.24) is 5.32 Å². The molecule has 3 N–H and O–H groups in total. The van der Waals surface area contributed by atoms with Gasteiger partial charge in [0.25, 0.3) is 0 Å². The predicted molar refractivity (Wildman–Crippen MR) is 59.5 cm³/mol. The van der Waals surface area contributed by atoms with Crippen LogP contribution in [0, 0.1) is 0 Å². The van der Waals surface area contributed by atoms with Crippen molar-refractivity contribution < 1.29 is 9.53 Å². The largest absolute Gasteiger partial charge is 0.369 e. The minimum atomic E-state index is -0.376. The maximum absolute atomic E-state index is 11.8. The summed E-state index contributed by atoms with van der Waals surface area (Å²) >= 11 is 0. The van der Waals surface area contributed by atoms with Crippen molar-refractivity contribution in [2.45, 2.75) is 51.2 Å². The third-order valence-electron chi connectivity index (χ3n) is 3.13. The molecule has 4 heteroatoms. The number of amides is 1. The summed E-state index contributed by atoms with van der Waals surface area (Å²) in [7, 11) is 0. The molecule has 1 aliphatic carbocycles. The molecule has 15 heavy (non-hydrogen) atoms. The molecule has 4 nitrogen and oxygen atoms in total. The van der Waals surface area contributed by atoms with E-state index in [1.165, 1.54) is 0 Å². The van der Waals surface area contributed by atoms with E-state index in [1.54, 1.807) is 6.92 Å². The van der Waals surface area contributed by atoms with Gasteiger partial charge >= 0.3 is 0 Å². The van der Waals surface area contributed by atoms with Crippen LogP contribution >= 0.6 is 0 Å². The fourth-order valence-electron chi connectivity index (χ4n) is 2.12. The van der Waals surface area contributed by atoms with Gasteiger partial charge in [0.1, 0.15) is 6.10 Å². The van der Waals surface area contributed by atoms with Crippen LogP contribution in [-0.4, -0.2) is 30.7 Å². The zero-order chi connectivity index (χ0) is 11.3. The molecule has 1 unspecified atom stereocenters. The maximum Gasteiger partial charge on any atom is 0.249 e. The van der Waals surface area contributed by atoms with Crippen molar-refractivity contribution in [3.8, 4) is 0 Å². The minimum absolute atomic E-state index is 0.0378. The van der Waals surface area contributed by atoms with Gasteiger partial charge in [-0.25, -0.2) is 0 Å². The monoisotopic (exact) mass is 214 g/mol. The summed E-state index contributed by atoms with van der Waals surface area (Å²) in [5.41, 5.74) is 5.57. The van der Waals surface area contributed by atoms with Crippen molar-refractivity contribution in [3.63, 3.8) is 0 Å². The second-order valence-electron chi connectivity index (χ2n) is 4.28. The predicted octanol–water partition coefficient (Wildman–Crippen LogP) is 0.799. The fourth-order valence-corrected chi connectivity index (χ4v) is 2.12. The summed E-state index contributed by atoms with van der Waals surface area (Å²) in [4.78, 5) is 11.8. The Balaban J connectivity index is 2.48. The molecule has 88 valence electrons. The zero-order valence-corrected chi connectivity index (χ0v) is 9.71. The van der Waals surface area contributed by atoms with Gasteiger partial charge in [0.05, 0.1) is 5.54 Å². The highest BCUT2D eigenvalue weighted by Gasteiger charge is 2.34. The molecule has 0 bridgehead atoms. The summed E-state index contributed by atoms with van der Waals surface area (Å²) in [6, 6.07) is 0. The van der Waals surface area contributed by atoms with E-state index in [1.807, 2.05) is 6.92 Å². The molecule has 1 atom stereocenters. The molecule has 1 saturated carbocycles. The molecule has 0 aromatic heterocycles. The van der Waals surface area contributed by atoms with Crippen LogP contribution in [0.4, 0.5) is 0 Å². The van der Waals surface area contributed by atoms with Gasteiger partial charge < -0.3 is 15.8 Å². The van der Waals surface area contributed by atoms with Crippen molar-refractivity contribution in [2.24, 2.45) is 5.73 Å². The first-order valence-corrected chi connectivity index (χ1v) is 5.77. The third-order valence-corrected chi connectivity index (χ3v) is 3.13. The van der Waals surface area contributed by atoms with Gasteiger partial charge in [-0.05, 0) is 26.7 Å². The number of nitrogens with two attached hydrogens (primary N) is 1. The first kappa shape index (κ1) is 12.5. The first-order valence-electron chi connectivity index (χ1n) is 5.77. The Morgan fingerprint density at radius 2 is 2.13 bits per heavy atom. The van der Waals surface area contributed by atoms with Crippen LogP contribution in [0.2, 0.25) is 0 Å². The topological polar surface area (TPSA) is 64.3 Å². The molecule has 1 aliphatic rings. The number of hydrogen-bond acceptors (Lipinski definition) is 3. The van der Waals surface area contributed by atoms with Crippen LogP contribution in [0.3, 0.4) is 0 Å². The van der Waals surface area contributed by atoms with Crippen molar-refractivity contribution >= 4 is 5.91 Å². The molecule has 1 rings (SSSR count). The molecule has 0 heterocycles. The lowest BCUT2D eigenvalue weighted by atomic mass is 9.97. The fraction of sp³-hybridized carbons (Fsp3) is 0.909. The second-order valence-corrected chi connectivity index (χ2v) is 4.28. The van der Waals surface area contributed by atoms with Crippen LogP contribution in [0.15, 0.2) is 0 Å². The number of carbonyl (C=O) groups excluding carboxylic acids is 1. The lowest BCUT2D eigenvalue weighted by Gasteiger charge is -2.30. The Labute approximate surface area is 91.5 Å². The highest BCUT2D eigenvalue weighted by molar-refractivity contribution is 5.81. The quantitative estimate of drug-likeness (QED) is 0.711. The minimum Gasteiger partial charge on any atom is -0.369 e. The first-order chi connectivity index (χ1) is 7.13. The van der Waals surface area contributed by atoms with Crippen LogP contribution in [-0.2, 0) is 9.53 Å². The SMILES string of the molecule is CCOC(C)C(=O)NC1(CN)CCCC1. The standard InChI is InChI=1S/C11H22N2O2/c1-3-15-9(2)10(14)13-11(8-12)6-4-5-7-11/h9H,3-8,12H2,1-2H3,(H,13,14). The number of nitrogens with one attached hydrogen (secondary N) is 1. The van der Waals surface area contributed by atoms with Crippen LogP contribution < -0.4 is 11.1 Å². The smallest absolute Gasteiger partial charge is 0.249 e. The van der Waals surface area contributed by atoms with Gasteiger partial charge in [-0.1, -0.05) is 12.8 Å². The van der Waals surface area contributed by atoms with Gasteiger partial charge in [-0.2, -0.15) is 0 Å². The number of ether oxygens (including phenoxy) is 1. The molecule has 0 spiro atoms. The molecule has 0 aromatic rings. The normalized spacial score (nSPS) is 21.3. The van der Waals surface area contributed by atoms with E-state index in [-0.39, 0.29) is 17.6 Å². The van der Waals surface area contributed by atoms with Crippen LogP contribution in [0.25, 0.3) is 0 Å². The average Bonchev–Trinajstić information content (AvgIpc) is 2.67. The maximum atomic E-state index is 11.8. The number of hydrogen-bond donors (Lipinski definition) is 2. The number of rotatable bonds is 5. The van der Waals surface area contributed by atoms with Gasteiger partial charge in [0.2, 0.25) is 5.91 Å². The summed E-state index contributed by atoms with van der Waals surface area (Å²) < 4.78 is 5.25.